The lowest BCUT2D eigenvalue weighted by Gasteiger charge is -2.13. The predicted octanol–water partition coefficient (Wildman–Crippen LogP) is 3.71. The SMILES string of the molecule is COc1ccc(C)cc1NS(=O)(=O)c1ccc(Br)cc1F. The van der Waals surface area contributed by atoms with Gasteiger partial charge in [0.2, 0.25) is 0 Å². The van der Waals surface area contributed by atoms with Gasteiger partial charge in [0, 0.05) is 4.47 Å². The van der Waals surface area contributed by atoms with Crippen LogP contribution >= 0.6 is 15.9 Å². The molecule has 0 aliphatic heterocycles. The highest BCUT2D eigenvalue weighted by Gasteiger charge is 2.20. The van der Waals surface area contributed by atoms with Crippen molar-refractivity contribution in [2.24, 2.45) is 0 Å². The van der Waals surface area contributed by atoms with Crippen molar-refractivity contribution in [2.75, 3.05) is 11.8 Å². The van der Waals surface area contributed by atoms with Gasteiger partial charge in [-0.05, 0) is 42.8 Å². The van der Waals surface area contributed by atoms with Gasteiger partial charge in [-0.1, -0.05) is 22.0 Å². The van der Waals surface area contributed by atoms with Crippen LogP contribution in [0, 0.1) is 12.7 Å². The Labute approximate surface area is 131 Å². The summed E-state index contributed by atoms with van der Waals surface area (Å²) in [4.78, 5) is -0.422. The molecule has 0 spiro atoms. The second-order valence-corrected chi connectivity index (χ2v) is 6.95. The zero-order chi connectivity index (χ0) is 15.6. The summed E-state index contributed by atoms with van der Waals surface area (Å²) < 4.78 is 46.3. The normalized spacial score (nSPS) is 11.2. The van der Waals surface area contributed by atoms with Gasteiger partial charge >= 0.3 is 0 Å². The average molecular weight is 374 g/mol. The third-order valence-electron chi connectivity index (χ3n) is 2.78. The topological polar surface area (TPSA) is 55.4 Å². The van der Waals surface area contributed by atoms with E-state index in [9.17, 15) is 12.8 Å². The third kappa shape index (κ3) is 3.54. The Balaban J connectivity index is 2.44. The summed E-state index contributed by atoms with van der Waals surface area (Å²) in [5, 5.41) is 0. The van der Waals surface area contributed by atoms with Crippen molar-refractivity contribution in [3.8, 4) is 5.75 Å². The molecular weight excluding hydrogens is 361 g/mol. The minimum Gasteiger partial charge on any atom is -0.495 e. The molecule has 2 aromatic rings. The molecule has 0 fully saturated rings. The summed E-state index contributed by atoms with van der Waals surface area (Å²) >= 11 is 3.09. The van der Waals surface area contributed by atoms with Crippen LogP contribution < -0.4 is 9.46 Å². The van der Waals surface area contributed by atoms with Crippen LogP contribution in [0.2, 0.25) is 0 Å². The Kier molecular flexibility index (Phi) is 4.53. The van der Waals surface area contributed by atoms with E-state index in [1.54, 1.807) is 18.2 Å². The molecule has 0 heterocycles. The average Bonchev–Trinajstić information content (AvgIpc) is 2.37. The second-order valence-electron chi connectivity index (χ2n) is 4.38. The molecule has 0 saturated carbocycles. The number of ether oxygens (including phenoxy) is 1. The Morgan fingerprint density at radius 2 is 1.90 bits per heavy atom. The van der Waals surface area contributed by atoms with Gasteiger partial charge < -0.3 is 4.74 Å². The van der Waals surface area contributed by atoms with Crippen LogP contribution in [-0.2, 0) is 10.0 Å². The lowest BCUT2D eigenvalue weighted by Crippen LogP contribution is -2.15. The minimum atomic E-state index is -4.04. The number of anilines is 1. The van der Waals surface area contributed by atoms with Crippen molar-refractivity contribution < 1.29 is 17.5 Å². The van der Waals surface area contributed by atoms with E-state index >= 15 is 0 Å². The van der Waals surface area contributed by atoms with Gasteiger partial charge in [-0.25, -0.2) is 12.8 Å². The van der Waals surface area contributed by atoms with Crippen LogP contribution in [0.4, 0.5) is 10.1 Å². The van der Waals surface area contributed by atoms with Crippen molar-refractivity contribution in [3.05, 3.63) is 52.3 Å². The molecule has 0 aliphatic carbocycles. The molecule has 21 heavy (non-hydrogen) atoms. The summed E-state index contributed by atoms with van der Waals surface area (Å²) in [6.45, 7) is 1.82. The van der Waals surface area contributed by atoms with Gasteiger partial charge in [0.15, 0.2) is 0 Å². The molecule has 0 saturated heterocycles. The van der Waals surface area contributed by atoms with Gasteiger partial charge in [-0.2, -0.15) is 0 Å². The molecular formula is C14H13BrFNO3S. The Morgan fingerprint density at radius 3 is 2.52 bits per heavy atom. The van der Waals surface area contributed by atoms with Gasteiger partial charge in [0.1, 0.15) is 16.5 Å². The number of nitrogens with one attached hydrogen (secondary N) is 1. The van der Waals surface area contributed by atoms with E-state index < -0.39 is 20.7 Å². The molecule has 0 radical (unpaired) electrons. The zero-order valence-electron chi connectivity index (χ0n) is 11.4. The highest BCUT2D eigenvalue weighted by atomic mass is 79.9. The molecule has 1 N–H and O–H groups in total. The van der Waals surface area contributed by atoms with Gasteiger partial charge in [-0.15, -0.1) is 0 Å². The summed E-state index contributed by atoms with van der Waals surface area (Å²) in [5.41, 5.74) is 1.12. The number of benzene rings is 2. The third-order valence-corrected chi connectivity index (χ3v) is 4.67. The maximum absolute atomic E-state index is 13.8. The van der Waals surface area contributed by atoms with Crippen LogP contribution in [0.25, 0.3) is 0 Å². The summed E-state index contributed by atoms with van der Waals surface area (Å²) in [6, 6.07) is 8.81. The lowest BCUT2D eigenvalue weighted by atomic mass is 10.2. The molecule has 0 unspecified atom stereocenters. The molecule has 0 aliphatic rings. The number of aryl methyl sites for hydroxylation is 1. The second kappa shape index (κ2) is 6.03. The molecule has 112 valence electrons. The molecule has 0 aromatic heterocycles. The fourth-order valence-corrected chi connectivity index (χ4v) is 3.25. The van der Waals surface area contributed by atoms with Crippen molar-refractivity contribution in [1.29, 1.82) is 0 Å². The smallest absolute Gasteiger partial charge is 0.264 e. The monoisotopic (exact) mass is 373 g/mol. The predicted molar refractivity (Wildman–Crippen MR) is 82.6 cm³/mol. The minimum absolute atomic E-state index is 0.264. The maximum Gasteiger partial charge on any atom is 0.264 e. The van der Waals surface area contributed by atoms with Crippen LogP contribution in [-0.4, -0.2) is 15.5 Å². The summed E-state index contributed by atoms with van der Waals surface area (Å²) in [6.07, 6.45) is 0. The first kappa shape index (κ1) is 15.8. The number of hydrogen-bond acceptors (Lipinski definition) is 3. The zero-order valence-corrected chi connectivity index (χ0v) is 13.8. The molecule has 0 bridgehead atoms. The van der Waals surface area contributed by atoms with E-state index in [0.717, 1.165) is 11.6 Å². The lowest BCUT2D eigenvalue weighted by molar-refractivity contribution is 0.417. The number of halogens is 2. The summed E-state index contributed by atoms with van der Waals surface area (Å²) in [7, 11) is -2.60. The molecule has 2 rings (SSSR count). The first-order chi connectivity index (χ1) is 9.83. The number of hydrogen-bond donors (Lipinski definition) is 1. The van der Waals surface area contributed by atoms with Crippen LogP contribution in [0.5, 0.6) is 5.75 Å². The van der Waals surface area contributed by atoms with Crippen molar-refractivity contribution in [3.63, 3.8) is 0 Å². The Morgan fingerprint density at radius 1 is 1.19 bits per heavy atom. The van der Waals surface area contributed by atoms with E-state index in [-0.39, 0.29) is 5.69 Å². The van der Waals surface area contributed by atoms with Crippen LogP contribution in [0.3, 0.4) is 0 Å². The molecule has 4 nitrogen and oxygen atoms in total. The van der Waals surface area contributed by atoms with Gasteiger partial charge in [-0.3, -0.25) is 4.72 Å². The molecule has 2 aromatic carbocycles. The number of sulfonamides is 1. The fourth-order valence-electron chi connectivity index (χ4n) is 1.79. The summed E-state index contributed by atoms with van der Waals surface area (Å²) in [5.74, 6) is -0.467. The molecule has 7 heteroatoms. The Bertz CT molecular complexity index is 778. The largest absolute Gasteiger partial charge is 0.495 e. The van der Waals surface area contributed by atoms with Crippen molar-refractivity contribution in [2.45, 2.75) is 11.8 Å². The van der Waals surface area contributed by atoms with Gasteiger partial charge in [0.05, 0.1) is 12.8 Å². The first-order valence-electron chi connectivity index (χ1n) is 5.96. The first-order valence-corrected chi connectivity index (χ1v) is 8.23. The Hall–Kier alpha value is -1.60. The van der Waals surface area contributed by atoms with E-state index in [2.05, 4.69) is 20.7 Å². The van der Waals surface area contributed by atoms with E-state index in [4.69, 9.17) is 4.74 Å². The van der Waals surface area contributed by atoms with Gasteiger partial charge in [0.25, 0.3) is 10.0 Å². The van der Waals surface area contributed by atoms with E-state index in [1.807, 2.05) is 6.92 Å². The molecule has 0 amide bonds. The highest BCUT2D eigenvalue weighted by molar-refractivity contribution is 9.10. The van der Waals surface area contributed by atoms with Crippen LogP contribution in [0.15, 0.2) is 45.8 Å². The van der Waals surface area contributed by atoms with Crippen LogP contribution in [0.1, 0.15) is 5.56 Å². The fraction of sp³-hybridized carbons (Fsp3) is 0.143. The number of methoxy groups -OCH3 is 1. The standard InChI is InChI=1S/C14H13BrFNO3S/c1-9-3-5-13(20-2)12(7-9)17-21(18,19)14-6-4-10(15)8-11(14)16/h3-8,17H,1-2H3. The van der Waals surface area contributed by atoms with Crippen molar-refractivity contribution in [1.82, 2.24) is 0 Å². The highest BCUT2D eigenvalue weighted by Crippen LogP contribution is 2.29. The van der Waals surface area contributed by atoms with E-state index in [0.29, 0.717) is 10.2 Å². The number of rotatable bonds is 4. The quantitative estimate of drug-likeness (QED) is 0.888. The maximum atomic E-state index is 13.8. The molecule has 0 atom stereocenters. The van der Waals surface area contributed by atoms with E-state index in [1.165, 1.54) is 19.2 Å². The van der Waals surface area contributed by atoms with Crippen molar-refractivity contribution >= 4 is 31.6 Å².